The van der Waals surface area contributed by atoms with Crippen molar-refractivity contribution in [2.45, 2.75) is 13.0 Å². The predicted octanol–water partition coefficient (Wildman–Crippen LogP) is 2.73. The van der Waals surface area contributed by atoms with Gasteiger partial charge < -0.3 is 22.2 Å². The molecule has 9 nitrogen and oxygen atoms in total. The van der Waals surface area contributed by atoms with Gasteiger partial charge in [-0.3, -0.25) is 19.3 Å². The summed E-state index contributed by atoms with van der Waals surface area (Å²) in [6.07, 6.45) is 4.64. The fourth-order valence-corrected chi connectivity index (χ4v) is 3.72. The molecule has 2 aromatic rings. The van der Waals surface area contributed by atoms with Crippen molar-refractivity contribution in [3.8, 4) is 0 Å². The Bertz CT molecular complexity index is 1350. The van der Waals surface area contributed by atoms with Gasteiger partial charge in [-0.1, -0.05) is 35.8 Å². The van der Waals surface area contributed by atoms with Crippen LogP contribution in [0, 0.1) is 12.7 Å². The lowest BCUT2D eigenvalue weighted by Gasteiger charge is -2.15. The molecule has 2 heterocycles. The van der Waals surface area contributed by atoms with Crippen molar-refractivity contribution in [2.24, 2.45) is 26.7 Å². The van der Waals surface area contributed by atoms with Gasteiger partial charge in [-0.15, -0.1) is 0 Å². The Morgan fingerprint density at radius 1 is 1.29 bits per heavy atom. The zero-order valence-electron chi connectivity index (χ0n) is 18.9. The number of likely N-dealkylation sites (N-methyl/N-ethyl adjacent to an activating group) is 1. The number of pyridine rings is 1. The first-order valence-electron chi connectivity index (χ1n) is 10.2. The third-order valence-corrected chi connectivity index (χ3v) is 5.60. The minimum absolute atomic E-state index is 0.0873. The minimum atomic E-state index is -0.602. The highest BCUT2D eigenvalue weighted by molar-refractivity contribution is 6.38. The molecular formula is C23H23Cl2FN8O. The Labute approximate surface area is 211 Å². The SMILES string of the molecule is C=C(C1=CC(N/C(C=Nc2c(Cl)cccc2Cl)=C(/N)C(=O)NC)C=N1)n1c(C)ccc(F)/c1=N/N. The summed E-state index contributed by atoms with van der Waals surface area (Å²) in [5.41, 5.74) is 7.81. The Balaban J connectivity index is 1.94. The van der Waals surface area contributed by atoms with Gasteiger partial charge in [-0.05, 0) is 37.3 Å². The van der Waals surface area contributed by atoms with E-state index in [0.29, 0.717) is 32.8 Å². The smallest absolute Gasteiger partial charge is 0.269 e. The van der Waals surface area contributed by atoms with Crippen molar-refractivity contribution < 1.29 is 9.18 Å². The minimum Gasteiger partial charge on any atom is -0.393 e. The first-order valence-corrected chi connectivity index (χ1v) is 11.0. The van der Waals surface area contributed by atoms with Gasteiger partial charge in [0.15, 0.2) is 11.3 Å². The second-order valence-electron chi connectivity index (χ2n) is 7.29. The van der Waals surface area contributed by atoms with E-state index in [1.54, 1.807) is 43.5 Å². The standard InChI is InChI=1S/C23H23Cl2FN8O/c1-12-7-8-17(26)22(33-28)34(12)13(2)18-9-14(10-30-18)32-19(20(27)23(35)29-3)11-31-21-15(24)5-4-6-16(21)25/h4-11,14,32H,2,27-28H2,1,3H3,(H,29,35)/b20-19+,31-11?,33-22-. The highest BCUT2D eigenvalue weighted by Crippen LogP contribution is 2.32. The number of aryl methyl sites for hydroxylation is 1. The zero-order valence-corrected chi connectivity index (χ0v) is 20.4. The molecule has 1 unspecified atom stereocenters. The van der Waals surface area contributed by atoms with Crippen LogP contribution in [-0.4, -0.2) is 36.0 Å². The van der Waals surface area contributed by atoms with Crippen LogP contribution in [-0.2, 0) is 4.79 Å². The number of amides is 1. The summed E-state index contributed by atoms with van der Waals surface area (Å²) in [5, 5.41) is 9.75. The number of carbonyl (C=O) groups is 1. The molecule has 182 valence electrons. The second kappa shape index (κ2) is 11.0. The topological polar surface area (TPSA) is 135 Å². The molecule has 1 aliphatic rings. The number of aliphatic imine (C=N–C) groups is 2. The quantitative estimate of drug-likeness (QED) is 0.194. The van der Waals surface area contributed by atoms with Crippen LogP contribution in [0.25, 0.3) is 5.70 Å². The molecule has 1 aromatic carbocycles. The summed E-state index contributed by atoms with van der Waals surface area (Å²) in [7, 11) is 1.45. The van der Waals surface area contributed by atoms with Crippen molar-refractivity contribution in [3.63, 3.8) is 0 Å². The highest BCUT2D eigenvalue weighted by Gasteiger charge is 2.19. The number of carbonyl (C=O) groups excluding carboxylic acids is 1. The number of allylic oxidation sites excluding steroid dienone is 2. The average molecular weight is 517 g/mol. The van der Waals surface area contributed by atoms with E-state index in [1.807, 2.05) is 0 Å². The molecule has 0 saturated carbocycles. The number of rotatable bonds is 7. The lowest BCUT2D eigenvalue weighted by molar-refractivity contribution is -0.117. The van der Waals surface area contributed by atoms with Crippen molar-refractivity contribution in [2.75, 3.05) is 7.05 Å². The molecule has 1 atom stereocenters. The van der Waals surface area contributed by atoms with Crippen molar-refractivity contribution in [1.29, 1.82) is 0 Å². The van der Waals surface area contributed by atoms with Crippen LogP contribution in [0.1, 0.15) is 5.69 Å². The van der Waals surface area contributed by atoms with Crippen molar-refractivity contribution in [1.82, 2.24) is 15.2 Å². The van der Waals surface area contributed by atoms with E-state index in [-0.39, 0.29) is 16.9 Å². The van der Waals surface area contributed by atoms with E-state index in [9.17, 15) is 9.18 Å². The van der Waals surface area contributed by atoms with E-state index >= 15 is 0 Å². The first-order chi connectivity index (χ1) is 16.7. The van der Waals surface area contributed by atoms with Gasteiger partial charge in [-0.2, -0.15) is 5.10 Å². The Hall–Kier alpha value is -3.89. The fourth-order valence-electron chi connectivity index (χ4n) is 3.22. The number of benzene rings is 1. The van der Waals surface area contributed by atoms with Gasteiger partial charge in [0.2, 0.25) is 0 Å². The number of halogens is 3. The summed E-state index contributed by atoms with van der Waals surface area (Å²) in [6, 6.07) is 7.30. The van der Waals surface area contributed by atoms with E-state index < -0.39 is 17.8 Å². The summed E-state index contributed by atoms with van der Waals surface area (Å²) in [4.78, 5) is 20.9. The molecule has 1 amide bonds. The third kappa shape index (κ3) is 5.61. The maximum atomic E-state index is 14.2. The third-order valence-electron chi connectivity index (χ3n) is 4.99. The molecule has 0 radical (unpaired) electrons. The van der Waals surface area contributed by atoms with Gasteiger partial charge in [-0.25, -0.2) is 4.39 Å². The number of aromatic nitrogens is 1. The molecule has 0 fully saturated rings. The van der Waals surface area contributed by atoms with E-state index in [0.717, 1.165) is 0 Å². The Kier molecular flexibility index (Phi) is 8.10. The van der Waals surface area contributed by atoms with Crippen LogP contribution < -0.4 is 27.7 Å². The molecule has 0 saturated heterocycles. The molecule has 1 aliphatic heterocycles. The largest absolute Gasteiger partial charge is 0.393 e. The monoisotopic (exact) mass is 516 g/mol. The maximum absolute atomic E-state index is 14.2. The summed E-state index contributed by atoms with van der Waals surface area (Å²) >= 11 is 12.4. The summed E-state index contributed by atoms with van der Waals surface area (Å²) < 4.78 is 15.7. The van der Waals surface area contributed by atoms with Gasteiger partial charge in [0.05, 0.1) is 39.4 Å². The number of hydrogen-bond acceptors (Lipinski definition) is 7. The van der Waals surface area contributed by atoms with Crippen LogP contribution in [0.15, 0.2) is 75.2 Å². The Morgan fingerprint density at radius 3 is 2.60 bits per heavy atom. The summed E-state index contributed by atoms with van der Waals surface area (Å²) in [5.74, 6) is 4.27. The van der Waals surface area contributed by atoms with Gasteiger partial charge >= 0.3 is 0 Å². The highest BCUT2D eigenvalue weighted by atomic mass is 35.5. The average Bonchev–Trinajstić information content (AvgIpc) is 3.31. The molecular weight excluding hydrogens is 494 g/mol. The van der Waals surface area contributed by atoms with E-state index in [1.165, 1.54) is 23.9 Å². The van der Waals surface area contributed by atoms with Gasteiger partial charge in [0.25, 0.3) is 5.91 Å². The van der Waals surface area contributed by atoms with E-state index in [2.05, 4.69) is 32.3 Å². The van der Waals surface area contributed by atoms with Crippen LogP contribution in [0.2, 0.25) is 10.0 Å². The van der Waals surface area contributed by atoms with Crippen LogP contribution in [0.4, 0.5) is 10.1 Å². The van der Waals surface area contributed by atoms with Gasteiger partial charge in [0, 0.05) is 19.0 Å². The fraction of sp³-hybridized carbons (Fsp3) is 0.130. The lowest BCUT2D eigenvalue weighted by Crippen LogP contribution is -2.34. The molecule has 6 N–H and O–H groups in total. The normalized spacial score (nSPS) is 16.3. The first kappa shape index (κ1) is 25.7. The second-order valence-corrected chi connectivity index (χ2v) is 8.11. The number of para-hydroxylation sites is 1. The number of hydrogen-bond donors (Lipinski definition) is 4. The number of nitrogens with one attached hydrogen (secondary N) is 2. The van der Waals surface area contributed by atoms with Crippen LogP contribution in [0.5, 0.6) is 0 Å². The Morgan fingerprint density at radius 2 is 1.97 bits per heavy atom. The number of nitrogens with two attached hydrogens (primary N) is 2. The molecule has 1 aromatic heterocycles. The van der Waals surface area contributed by atoms with Gasteiger partial charge in [0.1, 0.15) is 11.4 Å². The molecule has 3 rings (SSSR count). The molecule has 12 heteroatoms. The number of nitrogens with zero attached hydrogens (tertiary/aromatic N) is 4. The van der Waals surface area contributed by atoms with Crippen molar-refractivity contribution >= 4 is 52.9 Å². The van der Waals surface area contributed by atoms with E-state index in [4.69, 9.17) is 34.8 Å². The summed E-state index contributed by atoms with van der Waals surface area (Å²) in [6.45, 7) is 5.78. The van der Waals surface area contributed by atoms with Crippen molar-refractivity contribution in [3.05, 3.63) is 87.1 Å². The van der Waals surface area contributed by atoms with Crippen LogP contribution >= 0.6 is 23.2 Å². The molecule has 0 bridgehead atoms. The molecule has 35 heavy (non-hydrogen) atoms. The maximum Gasteiger partial charge on any atom is 0.269 e. The molecule has 0 aliphatic carbocycles. The van der Waals surface area contributed by atoms with Crippen LogP contribution in [0.3, 0.4) is 0 Å². The lowest BCUT2D eigenvalue weighted by atomic mass is 10.2. The molecule has 0 spiro atoms. The predicted molar refractivity (Wildman–Crippen MR) is 138 cm³/mol. The zero-order chi connectivity index (χ0) is 25.7.